The molecule has 0 heterocycles. The zero-order chi connectivity index (χ0) is 15.9. The van der Waals surface area contributed by atoms with Crippen LogP contribution < -0.4 is 5.32 Å². The summed E-state index contributed by atoms with van der Waals surface area (Å²) in [6.45, 7) is 2.36. The van der Waals surface area contributed by atoms with Gasteiger partial charge in [0.15, 0.2) is 12.4 Å². The Labute approximate surface area is 137 Å². The first kappa shape index (κ1) is 16.2. The van der Waals surface area contributed by atoms with Crippen LogP contribution in [0.2, 0.25) is 0 Å². The van der Waals surface area contributed by atoms with E-state index in [9.17, 15) is 9.59 Å². The molecule has 0 aliphatic heterocycles. The second-order valence-electron chi connectivity index (χ2n) is 4.58. The molecule has 5 heteroatoms. The van der Waals surface area contributed by atoms with E-state index in [-0.39, 0.29) is 12.4 Å². The maximum absolute atomic E-state index is 12.1. The number of carbonyl (C=O) groups excluding carboxylic acids is 2. The van der Waals surface area contributed by atoms with Crippen LogP contribution in [-0.4, -0.2) is 24.9 Å². The molecule has 4 nitrogen and oxygen atoms in total. The van der Waals surface area contributed by atoms with Crippen molar-refractivity contribution < 1.29 is 14.3 Å². The zero-order valence-electron chi connectivity index (χ0n) is 12.1. The largest absolute Gasteiger partial charge is 0.454 e. The third-order valence-corrected chi connectivity index (χ3v) is 3.54. The quantitative estimate of drug-likeness (QED) is 0.625. The van der Waals surface area contributed by atoms with Gasteiger partial charge in [-0.25, -0.2) is 4.79 Å². The predicted molar refractivity (Wildman–Crippen MR) is 89.4 cm³/mol. The van der Waals surface area contributed by atoms with Crippen LogP contribution in [0, 0.1) is 0 Å². The van der Waals surface area contributed by atoms with Crippen LogP contribution in [-0.2, 0) is 4.74 Å². The number of Topliss-reactive ketones (excluding diaryl/α,β-unsaturated/α-hetero) is 1. The van der Waals surface area contributed by atoms with Gasteiger partial charge in [0.2, 0.25) is 0 Å². The second kappa shape index (κ2) is 7.75. The summed E-state index contributed by atoms with van der Waals surface area (Å²) in [4.78, 5) is 24.1. The van der Waals surface area contributed by atoms with E-state index in [0.717, 1.165) is 4.47 Å². The van der Waals surface area contributed by atoms with Crippen molar-refractivity contribution in [2.45, 2.75) is 6.92 Å². The molecule has 0 aromatic heterocycles. The van der Waals surface area contributed by atoms with Crippen molar-refractivity contribution in [3.63, 3.8) is 0 Å². The Balaban J connectivity index is 2.01. The van der Waals surface area contributed by atoms with Gasteiger partial charge in [0.1, 0.15) is 0 Å². The minimum Gasteiger partial charge on any atom is -0.454 e. The minimum absolute atomic E-state index is 0.234. The highest BCUT2D eigenvalue weighted by Crippen LogP contribution is 2.16. The third-order valence-electron chi connectivity index (χ3n) is 3.01. The van der Waals surface area contributed by atoms with Crippen LogP contribution in [0.1, 0.15) is 27.6 Å². The van der Waals surface area contributed by atoms with Gasteiger partial charge in [0, 0.05) is 22.3 Å². The first-order valence-corrected chi connectivity index (χ1v) is 7.70. The summed E-state index contributed by atoms with van der Waals surface area (Å²) in [6, 6.07) is 14.0. The summed E-state index contributed by atoms with van der Waals surface area (Å²) in [7, 11) is 0. The lowest BCUT2D eigenvalue weighted by atomic mass is 10.1. The van der Waals surface area contributed by atoms with Gasteiger partial charge in [-0.05, 0) is 31.2 Å². The van der Waals surface area contributed by atoms with E-state index in [1.165, 1.54) is 0 Å². The fourth-order valence-corrected chi connectivity index (χ4v) is 2.20. The van der Waals surface area contributed by atoms with Crippen LogP contribution in [0.15, 0.2) is 53.0 Å². The summed E-state index contributed by atoms with van der Waals surface area (Å²) < 4.78 is 6.01. The monoisotopic (exact) mass is 361 g/mol. The molecule has 2 rings (SSSR count). The average Bonchev–Trinajstić information content (AvgIpc) is 2.54. The molecule has 0 amide bonds. The summed E-state index contributed by atoms with van der Waals surface area (Å²) >= 11 is 3.31. The Morgan fingerprint density at radius 2 is 1.77 bits per heavy atom. The third kappa shape index (κ3) is 4.18. The van der Waals surface area contributed by atoms with Gasteiger partial charge < -0.3 is 10.1 Å². The predicted octanol–water partition coefficient (Wildman–Crippen LogP) is 3.92. The second-order valence-corrected chi connectivity index (χ2v) is 5.50. The number of halogens is 1. The molecule has 0 unspecified atom stereocenters. The average molecular weight is 362 g/mol. The van der Waals surface area contributed by atoms with Crippen molar-refractivity contribution in [3.8, 4) is 0 Å². The number of hydrogen-bond donors (Lipinski definition) is 1. The SMILES string of the molecule is CCNc1ccccc1C(=O)OCC(=O)c1ccc(Br)cc1. The number of anilines is 1. The summed E-state index contributed by atoms with van der Waals surface area (Å²) in [5.74, 6) is -0.746. The molecule has 0 bridgehead atoms. The molecular weight excluding hydrogens is 346 g/mol. The Morgan fingerprint density at radius 3 is 2.45 bits per heavy atom. The maximum atomic E-state index is 12.1. The first-order valence-electron chi connectivity index (χ1n) is 6.90. The lowest BCUT2D eigenvalue weighted by Crippen LogP contribution is -2.15. The number of ether oxygens (including phenoxy) is 1. The number of hydrogen-bond acceptors (Lipinski definition) is 4. The van der Waals surface area contributed by atoms with Crippen LogP contribution >= 0.6 is 15.9 Å². The Hall–Kier alpha value is -2.14. The molecule has 0 fully saturated rings. The lowest BCUT2D eigenvalue weighted by Gasteiger charge is -2.10. The lowest BCUT2D eigenvalue weighted by molar-refractivity contribution is 0.0475. The topological polar surface area (TPSA) is 55.4 Å². The Bertz CT molecular complexity index is 668. The van der Waals surface area contributed by atoms with E-state index in [0.29, 0.717) is 23.4 Å². The summed E-state index contributed by atoms with van der Waals surface area (Å²) in [5.41, 5.74) is 1.63. The van der Waals surface area contributed by atoms with E-state index in [4.69, 9.17) is 4.74 Å². The van der Waals surface area contributed by atoms with Crippen LogP contribution in [0.3, 0.4) is 0 Å². The molecule has 0 aliphatic rings. The molecule has 114 valence electrons. The van der Waals surface area contributed by atoms with Crippen molar-refractivity contribution in [2.75, 3.05) is 18.5 Å². The Morgan fingerprint density at radius 1 is 1.09 bits per heavy atom. The molecule has 0 aliphatic carbocycles. The van der Waals surface area contributed by atoms with Gasteiger partial charge in [0.25, 0.3) is 0 Å². The van der Waals surface area contributed by atoms with Gasteiger partial charge in [-0.1, -0.05) is 40.2 Å². The van der Waals surface area contributed by atoms with Gasteiger partial charge in [-0.3, -0.25) is 4.79 Å². The normalized spacial score (nSPS) is 10.1. The number of ketones is 1. The molecule has 1 N–H and O–H groups in total. The fourth-order valence-electron chi connectivity index (χ4n) is 1.93. The number of rotatable bonds is 6. The number of benzene rings is 2. The first-order chi connectivity index (χ1) is 10.6. The van der Waals surface area contributed by atoms with Crippen molar-refractivity contribution in [1.82, 2.24) is 0 Å². The van der Waals surface area contributed by atoms with E-state index in [1.54, 1.807) is 42.5 Å². The van der Waals surface area contributed by atoms with Gasteiger partial charge in [-0.2, -0.15) is 0 Å². The standard InChI is InChI=1S/C17H16BrNO3/c1-2-19-15-6-4-3-5-14(15)17(21)22-11-16(20)12-7-9-13(18)10-8-12/h3-10,19H,2,11H2,1H3. The van der Waals surface area contributed by atoms with Gasteiger partial charge >= 0.3 is 5.97 Å². The molecule has 22 heavy (non-hydrogen) atoms. The highest BCUT2D eigenvalue weighted by atomic mass is 79.9. The summed E-state index contributed by atoms with van der Waals surface area (Å²) in [5, 5.41) is 3.09. The number of nitrogens with one attached hydrogen (secondary N) is 1. The number of carbonyl (C=O) groups is 2. The molecule has 0 spiro atoms. The fraction of sp³-hybridized carbons (Fsp3) is 0.176. The summed E-state index contributed by atoms with van der Waals surface area (Å²) in [6.07, 6.45) is 0. The van der Waals surface area contributed by atoms with Crippen molar-refractivity contribution in [1.29, 1.82) is 0 Å². The molecule has 0 radical (unpaired) electrons. The van der Waals surface area contributed by atoms with E-state index in [2.05, 4.69) is 21.2 Å². The van der Waals surface area contributed by atoms with Crippen LogP contribution in [0.5, 0.6) is 0 Å². The van der Waals surface area contributed by atoms with Gasteiger partial charge in [-0.15, -0.1) is 0 Å². The number of esters is 1. The molecule has 0 atom stereocenters. The highest BCUT2D eigenvalue weighted by molar-refractivity contribution is 9.10. The van der Waals surface area contributed by atoms with E-state index < -0.39 is 5.97 Å². The van der Waals surface area contributed by atoms with Crippen LogP contribution in [0.4, 0.5) is 5.69 Å². The van der Waals surface area contributed by atoms with Crippen LogP contribution in [0.25, 0.3) is 0 Å². The molecule has 0 saturated carbocycles. The smallest absolute Gasteiger partial charge is 0.340 e. The van der Waals surface area contributed by atoms with Crippen molar-refractivity contribution in [3.05, 3.63) is 64.1 Å². The van der Waals surface area contributed by atoms with E-state index >= 15 is 0 Å². The van der Waals surface area contributed by atoms with Crippen molar-refractivity contribution >= 4 is 33.4 Å². The van der Waals surface area contributed by atoms with E-state index in [1.807, 2.05) is 13.0 Å². The molecule has 2 aromatic carbocycles. The molecule has 0 saturated heterocycles. The zero-order valence-corrected chi connectivity index (χ0v) is 13.7. The molecule has 2 aromatic rings. The van der Waals surface area contributed by atoms with Gasteiger partial charge in [0.05, 0.1) is 5.56 Å². The Kier molecular flexibility index (Phi) is 5.72. The highest BCUT2D eigenvalue weighted by Gasteiger charge is 2.14. The molecular formula is C17H16BrNO3. The van der Waals surface area contributed by atoms with Crippen molar-refractivity contribution in [2.24, 2.45) is 0 Å². The minimum atomic E-state index is -0.512. The number of para-hydroxylation sites is 1. The maximum Gasteiger partial charge on any atom is 0.340 e.